The Morgan fingerprint density at radius 3 is 2.39 bits per heavy atom. The largest absolute Gasteiger partial charge is 0.456 e. The maximum atomic E-state index is 11.5. The van der Waals surface area contributed by atoms with Crippen LogP contribution in [0.2, 0.25) is 0 Å². The minimum Gasteiger partial charge on any atom is -0.456 e. The van der Waals surface area contributed by atoms with E-state index in [0.717, 1.165) is 32.1 Å². The van der Waals surface area contributed by atoms with Gasteiger partial charge < -0.3 is 9.47 Å². The highest BCUT2D eigenvalue weighted by Gasteiger charge is 2.64. The highest BCUT2D eigenvalue weighted by atomic mass is 16.6. The number of carbonyl (C=O) groups excluding carboxylic acids is 1. The number of hydrogen-bond donors (Lipinski definition) is 0. The molecule has 0 bridgehead atoms. The van der Waals surface area contributed by atoms with Crippen LogP contribution in [0.5, 0.6) is 0 Å². The van der Waals surface area contributed by atoms with Gasteiger partial charge in [-0.05, 0) is 51.4 Å². The van der Waals surface area contributed by atoms with Crippen molar-refractivity contribution >= 4 is 5.97 Å². The summed E-state index contributed by atoms with van der Waals surface area (Å²) in [5, 5.41) is 0. The zero-order valence-corrected chi connectivity index (χ0v) is 12.3. The number of hydrogen-bond acceptors (Lipinski definition) is 3. The van der Waals surface area contributed by atoms with Crippen molar-refractivity contribution in [3.8, 4) is 0 Å². The molecule has 2 aliphatic rings. The van der Waals surface area contributed by atoms with E-state index in [9.17, 15) is 4.79 Å². The van der Waals surface area contributed by atoms with Gasteiger partial charge in [-0.1, -0.05) is 13.8 Å². The van der Waals surface area contributed by atoms with Crippen molar-refractivity contribution < 1.29 is 14.3 Å². The lowest BCUT2D eigenvalue weighted by Gasteiger charge is -2.57. The molecule has 0 aromatic rings. The molecule has 3 nitrogen and oxygen atoms in total. The standard InChI is InChI=1S/C15H26O3/c1-11-7-10-15(17-11)13(3,4)8-6-9-14(15,5)18-12(2)16/h11H,6-10H2,1-5H3/t11-,14+,15+/m0/s1. The van der Waals surface area contributed by atoms with Crippen molar-refractivity contribution in [3.63, 3.8) is 0 Å². The predicted molar refractivity (Wildman–Crippen MR) is 70.3 cm³/mol. The summed E-state index contributed by atoms with van der Waals surface area (Å²) in [4.78, 5) is 11.5. The van der Waals surface area contributed by atoms with Crippen LogP contribution in [-0.4, -0.2) is 23.3 Å². The highest BCUT2D eigenvalue weighted by Crippen LogP contribution is 2.58. The van der Waals surface area contributed by atoms with Crippen LogP contribution in [0.15, 0.2) is 0 Å². The van der Waals surface area contributed by atoms with Gasteiger partial charge in [0, 0.05) is 6.92 Å². The molecule has 1 aliphatic carbocycles. The van der Waals surface area contributed by atoms with Gasteiger partial charge in [0.15, 0.2) is 0 Å². The third-order valence-corrected chi connectivity index (χ3v) is 5.08. The molecule has 3 heteroatoms. The molecule has 18 heavy (non-hydrogen) atoms. The Hall–Kier alpha value is -0.570. The molecule has 0 amide bonds. The van der Waals surface area contributed by atoms with E-state index in [4.69, 9.17) is 9.47 Å². The minimum atomic E-state index is -0.481. The zero-order valence-electron chi connectivity index (χ0n) is 12.3. The first-order valence-corrected chi connectivity index (χ1v) is 7.10. The number of rotatable bonds is 1. The van der Waals surface area contributed by atoms with Crippen LogP contribution >= 0.6 is 0 Å². The van der Waals surface area contributed by atoms with Gasteiger partial charge >= 0.3 is 5.97 Å². The molecule has 1 saturated carbocycles. The van der Waals surface area contributed by atoms with Crippen LogP contribution in [-0.2, 0) is 14.3 Å². The third kappa shape index (κ3) is 1.87. The van der Waals surface area contributed by atoms with E-state index in [1.54, 1.807) is 0 Å². The van der Waals surface area contributed by atoms with Crippen molar-refractivity contribution in [1.29, 1.82) is 0 Å². The van der Waals surface area contributed by atoms with Gasteiger partial charge in [0.1, 0.15) is 11.2 Å². The van der Waals surface area contributed by atoms with Crippen LogP contribution in [0.1, 0.15) is 66.7 Å². The van der Waals surface area contributed by atoms with E-state index in [-0.39, 0.29) is 23.1 Å². The van der Waals surface area contributed by atoms with E-state index < -0.39 is 5.60 Å². The monoisotopic (exact) mass is 254 g/mol. The van der Waals surface area contributed by atoms with Crippen molar-refractivity contribution in [2.45, 2.75) is 84.0 Å². The van der Waals surface area contributed by atoms with Gasteiger partial charge in [0.25, 0.3) is 0 Å². The second-order valence-electron chi connectivity index (χ2n) is 6.86. The van der Waals surface area contributed by atoms with Crippen LogP contribution in [0, 0.1) is 5.41 Å². The van der Waals surface area contributed by atoms with Gasteiger partial charge in [-0.3, -0.25) is 4.79 Å². The van der Waals surface area contributed by atoms with E-state index in [1.807, 2.05) is 0 Å². The van der Waals surface area contributed by atoms with E-state index in [1.165, 1.54) is 6.92 Å². The molecule has 1 aliphatic heterocycles. The van der Waals surface area contributed by atoms with Gasteiger partial charge in [-0.25, -0.2) is 0 Å². The van der Waals surface area contributed by atoms with Gasteiger partial charge in [-0.15, -0.1) is 0 Å². The Morgan fingerprint density at radius 1 is 1.22 bits per heavy atom. The smallest absolute Gasteiger partial charge is 0.303 e. The van der Waals surface area contributed by atoms with Crippen LogP contribution in [0.25, 0.3) is 0 Å². The lowest BCUT2D eigenvalue weighted by atomic mass is 9.57. The molecule has 1 heterocycles. The summed E-state index contributed by atoms with van der Waals surface area (Å²) in [5.41, 5.74) is -0.741. The molecular weight excluding hydrogens is 228 g/mol. The lowest BCUT2D eigenvalue weighted by Crippen LogP contribution is -2.64. The molecule has 0 aromatic heterocycles. The first-order chi connectivity index (χ1) is 8.22. The average molecular weight is 254 g/mol. The van der Waals surface area contributed by atoms with Crippen LogP contribution < -0.4 is 0 Å². The summed E-state index contributed by atoms with van der Waals surface area (Å²) in [5.74, 6) is -0.197. The molecule has 2 rings (SSSR count). The van der Waals surface area contributed by atoms with Gasteiger partial charge in [-0.2, -0.15) is 0 Å². The Morgan fingerprint density at radius 2 is 1.89 bits per heavy atom. The molecule has 0 aromatic carbocycles. The number of ether oxygens (including phenoxy) is 2. The Balaban J connectivity index is 2.40. The Bertz CT molecular complexity index is 350. The second kappa shape index (κ2) is 4.22. The molecule has 0 radical (unpaired) electrons. The highest BCUT2D eigenvalue weighted by molar-refractivity contribution is 5.66. The Labute approximate surface area is 110 Å². The molecule has 1 spiro atoms. The molecule has 0 N–H and O–H groups in total. The first-order valence-electron chi connectivity index (χ1n) is 7.10. The van der Waals surface area contributed by atoms with Crippen LogP contribution in [0.4, 0.5) is 0 Å². The maximum Gasteiger partial charge on any atom is 0.303 e. The van der Waals surface area contributed by atoms with E-state index in [0.29, 0.717) is 0 Å². The van der Waals surface area contributed by atoms with Crippen molar-refractivity contribution in [1.82, 2.24) is 0 Å². The summed E-state index contributed by atoms with van der Waals surface area (Å²) in [6.45, 7) is 10.2. The van der Waals surface area contributed by atoms with Crippen LogP contribution in [0.3, 0.4) is 0 Å². The fourth-order valence-corrected chi connectivity index (χ4v) is 4.19. The van der Waals surface area contributed by atoms with Gasteiger partial charge in [0.05, 0.1) is 6.10 Å². The quantitative estimate of drug-likeness (QED) is 0.672. The zero-order chi connectivity index (χ0) is 13.6. The summed E-state index contributed by atoms with van der Waals surface area (Å²) < 4.78 is 12.1. The SMILES string of the molecule is CC(=O)O[C@]1(C)CCCC(C)(C)[C@]12CC[C@H](C)O2. The number of esters is 1. The molecule has 2 fully saturated rings. The summed E-state index contributed by atoms with van der Waals surface area (Å²) in [6.07, 6.45) is 5.44. The summed E-state index contributed by atoms with van der Waals surface area (Å²) in [6, 6.07) is 0. The van der Waals surface area contributed by atoms with Crippen molar-refractivity contribution in [3.05, 3.63) is 0 Å². The number of carbonyl (C=O) groups is 1. The second-order valence-corrected chi connectivity index (χ2v) is 6.86. The summed E-state index contributed by atoms with van der Waals surface area (Å²) in [7, 11) is 0. The van der Waals surface area contributed by atoms with Gasteiger partial charge in [0.2, 0.25) is 0 Å². The average Bonchev–Trinajstić information content (AvgIpc) is 2.59. The fourth-order valence-electron chi connectivity index (χ4n) is 4.19. The third-order valence-electron chi connectivity index (χ3n) is 5.08. The molecule has 1 saturated heterocycles. The van der Waals surface area contributed by atoms with Crippen molar-refractivity contribution in [2.24, 2.45) is 5.41 Å². The topological polar surface area (TPSA) is 35.5 Å². The summed E-state index contributed by atoms with van der Waals surface area (Å²) >= 11 is 0. The van der Waals surface area contributed by atoms with Crippen molar-refractivity contribution in [2.75, 3.05) is 0 Å². The minimum absolute atomic E-state index is 0.0558. The fraction of sp³-hybridized carbons (Fsp3) is 0.933. The maximum absolute atomic E-state index is 11.5. The lowest BCUT2D eigenvalue weighted by molar-refractivity contribution is -0.251. The van der Waals surface area contributed by atoms with E-state index >= 15 is 0 Å². The molecule has 3 atom stereocenters. The predicted octanol–water partition coefficient (Wildman–Crippen LogP) is 3.46. The normalized spacial score (nSPS) is 43.1. The molecule has 0 unspecified atom stereocenters. The van der Waals surface area contributed by atoms with E-state index in [2.05, 4.69) is 27.7 Å². The molecule has 104 valence electrons. The Kier molecular flexibility index (Phi) is 3.25. The first kappa shape index (κ1) is 13.9. The molecular formula is C15H26O3.